The summed E-state index contributed by atoms with van der Waals surface area (Å²) in [5.74, 6) is -6.80. The Bertz CT molecular complexity index is 939. The second-order valence-corrected chi connectivity index (χ2v) is 10.5. The molecule has 1 aromatic rings. The van der Waals surface area contributed by atoms with Crippen molar-refractivity contribution in [2.45, 2.75) is 51.5 Å². The number of carboxylic acids is 1. The van der Waals surface area contributed by atoms with Crippen molar-refractivity contribution < 1.29 is 38.5 Å². The van der Waals surface area contributed by atoms with E-state index in [0.717, 1.165) is 6.92 Å². The second kappa shape index (κ2) is 12.9. The first-order valence-corrected chi connectivity index (χ1v) is 12.4. The van der Waals surface area contributed by atoms with Gasteiger partial charge in [0.1, 0.15) is 17.9 Å². The molecule has 1 aromatic carbocycles. The molecule has 5 atom stereocenters. The molecule has 188 valence electrons. The van der Waals surface area contributed by atoms with Gasteiger partial charge < -0.3 is 31.7 Å². The Labute approximate surface area is 197 Å². The van der Waals surface area contributed by atoms with Crippen molar-refractivity contribution in [2.24, 2.45) is 11.7 Å². The Morgan fingerprint density at radius 2 is 1.59 bits per heavy atom. The quantitative estimate of drug-likeness (QED) is 0.196. The van der Waals surface area contributed by atoms with E-state index in [0.29, 0.717) is 5.56 Å². The van der Waals surface area contributed by atoms with Crippen LogP contribution in [0.4, 0.5) is 0 Å². The monoisotopic (exact) mass is 498 g/mol. The first kappa shape index (κ1) is 28.8. The number of nitrogens with one attached hydrogen (secondary N) is 3. The first-order chi connectivity index (χ1) is 15.7. The minimum atomic E-state index is -4.28. The van der Waals surface area contributed by atoms with E-state index in [2.05, 4.69) is 16.0 Å². The fraction of sp³-hybridized carbons (Fsp3) is 0.476. The third kappa shape index (κ3) is 9.72. The highest BCUT2D eigenvalue weighted by atomic mass is 31.2. The van der Waals surface area contributed by atoms with Crippen molar-refractivity contribution in [3.63, 3.8) is 0 Å². The fourth-order valence-electron chi connectivity index (χ4n) is 3.06. The maximum Gasteiger partial charge on any atom is 0.305 e. The van der Waals surface area contributed by atoms with E-state index in [1.807, 2.05) is 0 Å². The molecule has 0 radical (unpaired) electrons. The zero-order chi connectivity index (χ0) is 26.1. The summed E-state index contributed by atoms with van der Waals surface area (Å²) in [5, 5.41) is 16.0. The smallest absolute Gasteiger partial charge is 0.305 e. The van der Waals surface area contributed by atoms with E-state index >= 15 is 0 Å². The van der Waals surface area contributed by atoms with Crippen LogP contribution in [0.5, 0.6) is 0 Å². The number of aliphatic carboxylic acids is 1. The zero-order valence-electron chi connectivity index (χ0n) is 19.2. The summed E-state index contributed by atoms with van der Waals surface area (Å²) in [6.45, 7) is 3.86. The summed E-state index contributed by atoms with van der Waals surface area (Å²) in [6, 6.07) is 6.03. The summed E-state index contributed by atoms with van der Waals surface area (Å²) in [7, 11) is -4.28. The van der Waals surface area contributed by atoms with Gasteiger partial charge in [0.05, 0.1) is 6.42 Å². The molecule has 34 heavy (non-hydrogen) atoms. The van der Waals surface area contributed by atoms with Gasteiger partial charge in [-0.2, -0.15) is 0 Å². The number of hydrogen-bond acceptors (Lipinski definition) is 6. The molecule has 4 amide bonds. The van der Waals surface area contributed by atoms with Crippen LogP contribution in [0.1, 0.15) is 32.8 Å². The number of hydrogen-bond donors (Lipinski definition) is 6. The van der Waals surface area contributed by atoms with Crippen molar-refractivity contribution in [2.75, 3.05) is 6.16 Å². The van der Waals surface area contributed by atoms with Crippen LogP contribution >= 0.6 is 7.37 Å². The number of carbonyl (C=O) groups excluding carboxylic acids is 4. The highest BCUT2D eigenvalue weighted by Crippen LogP contribution is 2.48. The molecule has 0 aromatic heterocycles. The van der Waals surface area contributed by atoms with Gasteiger partial charge in [0.2, 0.25) is 31.0 Å². The van der Waals surface area contributed by atoms with Crippen molar-refractivity contribution >= 4 is 37.0 Å². The van der Waals surface area contributed by atoms with Gasteiger partial charge in [0.25, 0.3) is 0 Å². The van der Waals surface area contributed by atoms with Crippen LogP contribution in [0, 0.1) is 5.92 Å². The number of rotatable bonds is 13. The molecule has 0 aliphatic heterocycles. The Hall–Kier alpha value is -3.24. The molecule has 1 rings (SSSR count). The summed E-state index contributed by atoms with van der Waals surface area (Å²) in [5.41, 5.74) is 5.73. The summed E-state index contributed by atoms with van der Waals surface area (Å²) >= 11 is 0. The minimum Gasteiger partial charge on any atom is -0.481 e. The average molecular weight is 498 g/mol. The minimum absolute atomic E-state index is 0.0910. The molecule has 0 aliphatic carbocycles. The van der Waals surface area contributed by atoms with Crippen molar-refractivity contribution in [1.29, 1.82) is 0 Å². The van der Waals surface area contributed by atoms with Gasteiger partial charge >= 0.3 is 5.97 Å². The molecule has 0 spiro atoms. The molecular weight excluding hydrogens is 467 g/mol. The predicted octanol–water partition coefficient (Wildman–Crippen LogP) is -0.453. The lowest BCUT2D eigenvalue weighted by Crippen LogP contribution is -2.51. The van der Waals surface area contributed by atoms with Gasteiger partial charge in [-0.15, -0.1) is 0 Å². The molecule has 0 heterocycles. The highest BCUT2D eigenvalue weighted by molar-refractivity contribution is 7.58. The number of primary amides is 1. The molecule has 7 N–H and O–H groups in total. The normalized spacial score (nSPS) is 16.1. The van der Waals surface area contributed by atoms with Crippen LogP contribution in [-0.4, -0.2) is 63.6 Å². The first-order valence-electron chi connectivity index (χ1n) is 10.5. The number of carbonyl (C=O) groups is 5. The maximum atomic E-state index is 13.3. The predicted molar refractivity (Wildman–Crippen MR) is 123 cm³/mol. The van der Waals surface area contributed by atoms with E-state index in [4.69, 9.17) is 10.8 Å². The fourth-order valence-corrected chi connectivity index (χ4v) is 5.09. The summed E-state index contributed by atoms with van der Waals surface area (Å²) < 4.78 is 13.3. The van der Waals surface area contributed by atoms with Gasteiger partial charge in [-0.25, -0.2) is 0 Å². The van der Waals surface area contributed by atoms with Crippen LogP contribution in [0.25, 0.3) is 0 Å². The van der Waals surface area contributed by atoms with Crippen molar-refractivity contribution in [3.8, 4) is 0 Å². The van der Waals surface area contributed by atoms with Gasteiger partial charge in [0.15, 0.2) is 0 Å². The van der Waals surface area contributed by atoms with Gasteiger partial charge in [-0.3, -0.25) is 28.5 Å². The lowest BCUT2D eigenvalue weighted by atomic mass is 10.1. The maximum absolute atomic E-state index is 13.3. The van der Waals surface area contributed by atoms with Gasteiger partial charge in [0, 0.05) is 25.4 Å². The lowest BCUT2D eigenvalue weighted by Gasteiger charge is -2.28. The molecule has 3 unspecified atom stereocenters. The van der Waals surface area contributed by atoms with Crippen LogP contribution < -0.4 is 21.7 Å². The Morgan fingerprint density at radius 1 is 1.00 bits per heavy atom. The number of nitrogens with two attached hydrogens (primary N) is 1. The standard InChI is InChI=1S/C21H31N4O8P/c1-12(20(30)23-13(2)19(22)29)11-34(32,33)17(9-15-7-5-4-6-8-15)25-21(31)16(10-18(27)28)24-14(3)26/h4-8,12-13,16-17H,9-11H2,1-3H3,(H2,22,29)(H,23,30)(H,24,26)(H,25,31)(H,27,28)(H,32,33)/t12-,13?,16?,17+/m1/s1. The number of carboxylic acid groups (broad SMARTS) is 1. The number of benzene rings is 1. The molecule has 0 saturated carbocycles. The largest absolute Gasteiger partial charge is 0.481 e. The molecule has 13 heteroatoms. The van der Waals surface area contributed by atoms with Crippen LogP contribution in [0.2, 0.25) is 0 Å². The van der Waals surface area contributed by atoms with E-state index in [1.54, 1.807) is 30.3 Å². The number of amides is 4. The SMILES string of the molecule is CC(=O)NC(CC(=O)O)C(=O)N[C@H](Cc1ccccc1)P(=O)(O)C[C@@H](C)C(=O)NC(C)C(N)=O. The van der Waals surface area contributed by atoms with E-state index in [1.165, 1.54) is 13.8 Å². The average Bonchev–Trinajstić information content (AvgIpc) is 2.72. The third-order valence-electron chi connectivity index (χ3n) is 4.91. The van der Waals surface area contributed by atoms with Crippen LogP contribution in [0.15, 0.2) is 30.3 Å². The van der Waals surface area contributed by atoms with Crippen LogP contribution in [-0.2, 0) is 35.0 Å². The highest BCUT2D eigenvalue weighted by Gasteiger charge is 2.37. The molecule has 0 saturated heterocycles. The van der Waals surface area contributed by atoms with Gasteiger partial charge in [-0.1, -0.05) is 37.3 Å². The topological polar surface area (TPSA) is 205 Å². The summed E-state index contributed by atoms with van der Waals surface area (Å²) in [6.07, 6.45) is -1.36. The van der Waals surface area contributed by atoms with E-state index < -0.39 is 73.3 Å². The Kier molecular flexibility index (Phi) is 10.9. The van der Waals surface area contributed by atoms with Crippen LogP contribution in [0.3, 0.4) is 0 Å². The Balaban J connectivity index is 3.13. The molecule has 12 nitrogen and oxygen atoms in total. The lowest BCUT2D eigenvalue weighted by molar-refractivity contribution is -0.140. The zero-order valence-corrected chi connectivity index (χ0v) is 20.1. The van der Waals surface area contributed by atoms with E-state index in [-0.39, 0.29) is 6.42 Å². The summed E-state index contributed by atoms with van der Waals surface area (Å²) in [4.78, 5) is 69.6. The van der Waals surface area contributed by atoms with E-state index in [9.17, 15) is 33.4 Å². The third-order valence-corrected chi connectivity index (χ3v) is 7.27. The Morgan fingerprint density at radius 3 is 2.09 bits per heavy atom. The van der Waals surface area contributed by atoms with Crippen molar-refractivity contribution in [3.05, 3.63) is 35.9 Å². The molecule has 0 fully saturated rings. The molecular formula is C21H31N4O8P. The van der Waals surface area contributed by atoms with Gasteiger partial charge in [-0.05, 0) is 12.5 Å². The molecule has 0 bridgehead atoms. The molecule has 0 aliphatic rings. The second-order valence-electron chi connectivity index (χ2n) is 8.04. The van der Waals surface area contributed by atoms with Crippen molar-refractivity contribution in [1.82, 2.24) is 16.0 Å².